The zero-order valence-electron chi connectivity index (χ0n) is 23.0. The summed E-state index contributed by atoms with van der Waals surface area (Å²) in [6, 6.07) is 8.89. The molecular formula is C31H41F2NO4. The number of ether oxygens (including phenoxy) is 2. The molecule has 0 aromatic heterocycles. The van der Waals surface area contributed by atoms with Crippen molar-refractivity contribution in [1.29, 1.82) is 0 Å². The van der Waals surface area contributed by atoms with Crippen molar-refractivity contribution in [3.63, 3.8) is 0 Å². The Balaban J connectivity index is 1.56. The first-order valence-electron chi connectivity index (χ1n) is 13.6. The van der Waals surface area contributed by atoms with Crippen molar-refractivity contribution in [2.24, 2.45) is 0 Å². The first kappa shape index (κ1) is 29.9. The molecule has 5 nitrogen and oxygen atoms in total. The van der Waals surface area contributed by atoms with Gasteiger partial charge in [-0.05, 0) is 106 Å². The molecule has 1 saturated heterocycles. The van der Waals surface area contributed by atoms with Gasteiger partial charge in [0.15, 0.2) is 0 Å². The lowest BCUT2D eigenvalue weighted by Gasteiger charge is -2.27. The Hall–Kier alpha value is -2.61. The minimum absolute atomic E-state index is 0.116. The summed E-state index contributed by atoms with van der Waals surface area (Å²) >= 11 is 0. The summed E-state index contributed by atoms with van der Waals surface area (Å²) in [5.41, 5.74) is 3.64. The number of allylic oxidation sites excluding steroid dienone is 1. The van der Waals surface area contributed by atoms with Gasteiger partial charge in [0, 0.05) is 19.0 Å². The van der Waals surface area contributed by atoms with Crippen LogP contribution in [0, 0.1) is 25.5 Å². The van der Waals surface area contributed by atoms with Crippen LogP contribution in [0.15, 0.2) is 36.4 Å². The van der Waals surface area contributed by atoms with Gasteiger partial charge < -0.3 is 14.6 Å². The highest BCUT2D eigenvalue weighted by Crippen LogP contribution is 2.27. The summed E-state index contributed by atoms with van der Waals surface area (Å²) in [5.74, 6) is -0.744. The fourth-order valence-electron chi connectivity index (χ4n) is 4.93. The van der Waals surface area contributed by atoms with Gasteiger partial charge in [-0.3, -0.25) is 9.69 Å². The number of aliphatic hydroxyl groups excluding tert-OH is 1. The summed E-state index contributed by atoms with van der Waals surface area (Å²) in [4.78, 5) is 13.8. The number of β-amino-alcohol motifs (C(OH)–C–C–N with tert-alkyl or cyclic N) is 1. The van der Waals surface area contributed by atoms with Crippen LogP contribution in [0.3, 0.4) is 0 Å². The van der Waals surface area contributed by atoms with E-state index in [-0.39, 0.29) is 36.7 Å². The number of benzene rings is 2. The Morgan fingerprint density at radius 2 is 1.95 bits per heavy atom. The summed E-state index contributed by atoms with van der Waals surface area (Å²) in [5, 5.41) is 10.7. The molecule has 3 atom stereocenters. The maximum atomic E-state index is 14.4. The molecule has 38 heavy (non-hydrogen) atoms. The number of likely N-dealkylation sites (tertiary alicyclic amines) is 1. The van der Waals surface area contributed by atoms with Crippen molar-refractivity contribution in [2.45, 2.75) is 78.0 Å². The summed E-state index contributed by atoms with van der Waals surface area (Å²) in [6.07, 6.45) is 6.22. The predicted octanol–water partition coefficient (Wildman–Crippen LogP) is 6.08. The van der Waals surface area contributed by atoms with Gasteiger partial charge in [-0.1, -0.05) is 24.3 Å². The van der Waals surface area contributed by atoms with Crippen LogP contribution < -0.4 is 0 Å². The van der Waals surface area contributed by atoms with Crippen LogP contribution >= 0.6 is 0 Å². The number of aryl methyl sites for hydroxylation is 2. The van der Waals surface area contributed by atoms with Gasteiger partial charge in [0.1, 0.15) is 11.6 Å². The van der Waals surface area contributed by atoms with E-state index in [1.54, 1.807) is 32.9 Å². The topological polar surface area (TPSA) is 59.0 Å². The molecule has 7 heteroatoms. The standard InChI is InChI=1S/C31H41F2NO4/c1-5-37-31(36)11-7-6-9-25-15-22(3)30(33)18-28(25)23(4)38-20-27(35)19-34-14-8-10-26(34)16-24-13-12-21(2)29(32)17-24/h6,9,12-13,15,17-18,23,26-27,35H,5,7-8,10-11,14,16,19-20H2,1-4H3/t23-,26+,27-/m1/s1. The molecule has 3 rings (SSSR count). The minimum Gasteiger partial charge on any atom is -0.466 e. The molecule has 2 aromatic rings. The third-order valence-corrected chi connectivity index (χ3v) is 7.11. The summed E-state index contributed by atoms with van der Waals surface area (Å²) in [6.45, 7) is 8.91. The molecule has 0 radical (unpaired) electrons. The number of nitrogens with zero attached hydrogens (tertiary/aromatic N) is 1. The average molecular weight is 530 g/mol. The highest BCUT2D eigenvalue weighted by atomic mass is 19.1. The number of carbonyl (C=O) groups is 1. The molecule has 1 aliphatic rings. The largest absolute Gasteiger partial charge is 0.466 e. The van der Waals surface area contributed by atoms with E-state index in [1.807, 2.05) is 31.2 Å². The maximum Gasteiger partial charge on any atom is 0.306 e. The fraction of sp³-hybridized carbons (Fsp3) is 0.516. The van der Waals surface area contributed by atoms with Gasteiger partial charge in [-0.2, -0.15) is 0 Å². The normalized spacial score (nSPS) is 17.7. The lowest BCUT2D eigenvalue weighted by Crippen LogP contribution is -2.39. The van der Waals surface area contributed by atoms with Gasteiger partial charge in [0.25, 0.3) is 0 Å². The van der Waals surface area contributed by atoms with Crippen molar-refractivity contribution in [3.05, 3.63) is 75.9 Å². The molecule has 1 heterocycles. The smallest absolute Gasteiger partial charge is 0.306 e. The maximum absolute atomic E-state index is 14.4. The number of halogens is 2. The number of aliphatic hydroxyl groups is 1. The second-order valence-corrected chi connectivity index (χ2v) is 10.2. The Bertz CT molecular complexity index is 1100. The van der Waals surface area contributed by atoms with E-state index < -0.39 is 12.2 Å². The molecule has 0 amide bonds. The number of carbonyl (C=O) groups excluding carboxylic acids is 1. The highest BCUT2D eigenvalue weighted by molar-refractivity contribution is 5.69. The number of esters is 1. The van der Waals surface area contributed by atoms with Gasteiger partial charge in [-0.25, -0.2) is 8.78 Å². The minimum atomic E-state index is -0.702. The van der Waals surface area contributed by atoms with E-state index in [1.165, 1.54) is 6.07 Å². The zero-order chi connectivity index (χ0) is 27.7. The van der Waals surface area contributed by atoms with Crippen LogP contribution in [0.2, 0.25) is 0 Å². The first-order chi connectivity index (χ1) is 18.2. The van der Waals surface area contributed by atoms with Crippen molar-refractivity contribution < 1.29 is 28.2 Å². The molecule has 208 valence electrons. The SMILES string of the molecule is CCOC(=O)CCC=Cc1cc(C)c(F)cc1[C@@H](C)OC[C@H](O)CN1CCC[C@H]1Cc1ccc(C)c(F)c1. The molecular weight excluding hydrogens is 488 g/mol. The molecule has 0 aliphatic carbocycles. The first-order valence-corrected chi connectivity index (χ1v) is 13.6. The van der Waals surface area contributed by atoms with Crippen molar-refractivity contribution in [3.8, 4) is 0 Å². The van der Waals surface area contributed by atoms with Gasteiger partial charge in [-0.15, -0.1) is 0 Å². The van der Waals surface area contributed by atoms with Crippen molar-refractivity contribution in [2.75, 3.05) is 26.3 Å². The molecule has 0 unspecified atom stereocenters. The lowest BCUT2D eigenvalue weighted by molar-refractivity contribution is -0.143. The van der Waals surface area contributed by atoms with Gasteiger partial charge in [0.05, 0.1) is 25.4 Å². The van der Waals surface area contributed by atoms with Gasteiger partial charge in [0.2, 0.25) is 0 Å². The van der Waals surface area contributed by atoms with E-state index in [0.717, 1.165) is 36.9 Å². The molecule has 0 spiro atoms. The average Bonchev–Trinajstić information content (AvgIpc) is 3.30. The molecule has 1 aliphatic heterocycles. The third kappa shape index (κ3) is 8.72. The lowest BCUT2D eigenvalue weighted by atomic mass is 9.99. The predicted molar refractivity (Wildman–Crippen MR) is 146 cm³/mol. The Labute approximate surface area is 225 Å². The fourth-order valence-corrected chi connectivity index (χ4v) is 4.93. The van der Waals surface area contributed by atoms with Gasteiger partial charge >= 0.3 is 5.97 Å². The second kappa shape index (κ2) is 14.5. The third-order valence-electron chi connectivity index (χ3n) is 7.11. The van der Waals surface area contributed by atoms with Crippen LogP contribution in [0.4, 0.5) is 8.78 Å². The zero-order valence-corrected chi connectivity index (χ0v) is 23.0. The van der Waals surface area contributed by atoms with E-state index in [9.17, 15) is 18.7 Å². The second-order valence-electron chi connectivity index (χ2n) is 10.2. The van der Waals surface area contributed by atoms with Crippen molar-refractivity contribution in [1.82, 2.24) is 4.90 Å². The molecule has 0 saturated carbocycles. The van der Waals surface area contributed by atoms with E-state index in [0.29, 0.717) is 36.3 Å². The van der Waals surface area contributed by atoms with Crippen molar-refractivity contribution >= 4 is 12.0 Å². The quantitative estimate of drug-likeness (QED) is 0.319. The Morgan fingerprint density at radius 3 is 2.68 bits per heavy atom. The summed E-state index contributed by atoms with van der Waals surface area (Å²) in [7, 11) is 0. The van der Waals surface area contributed by atoms with E-state index in [2.05, 4.69) is 4.90 Å². The summed E-state index contributed by atoms with van der Waals surface area (Å²) < 4.78 is 39.3. The Kier molecular flexibility index (Phi) is 11.4. The van der Waals surface area contributed by atoms with E-state index >= 15 is 0 Å². The van der Waals surface area contributed by atoms with Crippen LogP contribution in [-0.2, 0) is 20.7 Å². The molecule has 1 fully saturated rings. The monoisotopic (exact) mass is 529 g/mol. The van der Waals surface area contributed by atoms with Crippen LogP contribution in [0.25, 0.3) is 6.08 Å². The number of hydrogen-bond acceptors (Lipinski definition) is 5. The molecule has 2 aromatic carbocycles. The number of rotatable bonds is 13. The number of hydrogen-bond donors (Lipinski definition) is 1. The van der Waals surface area contributed by atoms with Crippen LogP contribution in [0.1, 0.15) is 73.5 Å². The van der Waals surface area contributed by atoms with Crippen LogP contribution in [-0.4, -0.2) is 54.4 Å². The molecule has 1 N–H and O–H groups in total. The molecule has 0 bridgehead atoms. The Morgan fingerprint density at radius 1 is 1.18 bits per heavy atom. The highest BCUT2D eigenvalue weighted by Gasteiger charge is 2.27. The van der Waals surface area contributed by atoms with Crippen LogP contribution in [0.5, 0.6) is 0 Å². The van der Waals surface area contributed by atoms with E-state index in [4.69, 9.17) is 9.47 Å².